The number of rotatable bonds is 1. The Morgan fingerprint density at radius 3 is 2.62 bits per heavy atom. The van der Waals surface area contributed by atoms with Gasteiger partial charge in [-0.25, -0.2) is 0 Å². The van der Waals surface area contributed by atoms with Gasteiger partial charge in [0.25, 0.3) is 0 Å². The third-order valence-electron chi connectivity index (χ3n) is 2.90. The number of benzene rings is 1. The van der Waals surface area contributed by atoms with Gasteiger partial charge in [0.05, 0.1) is 0 Å². The Labute approximate surface area is 107 Å². The second-order valence-corrected chi connectivity index (χ2v) is 5.10. The standard InChI is InChI=1S/C12H16Cl2N2/c1-9-8-15-3-2-4-16(9)12-6-10(13)5-11(14)7-12/h5-7,9,15H,2-4,8H2,1H3. The molecule has 2 nitrogen and oxygen atoms in total. The quantitative estimate of drug-likeness (QED) is 0.833. The Hall–Kier alpha value is -0.440. The van der Waals surface area contributed by atoms with Crippen molar-refractivity contribution in [2.45, 2.75) is 19.4 Å². The van der Waals surface area contributed by atoms with E-state index < -0.39 is 0 Å². The van der Waals surface area contributed by atoms with Gasteiger partial charge < -0.3 is 10.2 Å². The van der Waals surface area contributed by atoms with Gasteiger partial charge in [0.2, 0.25) is 0 Å². The largest absolute Gasteiger partial charge is 0.367 e. The van der Waals surface area contributed by atoms with Gasteiger partial charge in [-0.05, 0) is 38.1 Å². The van der Waals surface area contributed by atoms with Gasteiger partial charge in [0.1, 0.15) is 0 Å². The highest BCUT2D eigenvalue weighted by molar-refractivity contribution is 6.35. The fourth-order valence-electron chi connectivity index (χ4n) is 2.10. The van der Waals surface area contributed by atoms with Crippen LogP contribution in [-0.4, -0.2) is 25.7 Å². The third-order valence-corrected chi connectivity index (χ3v) is 3.34. The van der Waals surface area contributed by atoms with Crippen LogP contribution in [0, 0.1) is 0 Å². The van der Waals surface area contributed by atoms with Crippen LogP contribution in [0.25, 0.3) is 0 Å². The van der Waals surface area contributed by atoms with Crippen molar-refractivity contribution in [3.05, 3.63) is 28.2 Å². The summed E-state index contributed by atoms with van der Waals surface area (Å²) in [6.45, 7) is 5.34. The highest BCUT2D eigenvalue weighted by Crippen LogP contribution is 2.27. The molecule has 16 heavy (non-hydrogen) atoms. The normalized spacial score (nSPS) is 21.9. The Balaban J connectivity index is 2.26. The number of hydrogen-bond donors (Lipinski definition) is 1. The van der Waals surface area contributed by atoms with Gasteiger partial charge >= 0.3 is 0 Å². The van der Waals surface area contributed by atoms with Crippen molar-refractivity contribution in [2.24, 2.45) is 0 Å². The van der Waals surface area contributed by atoms with E-state index in [1.807, 2.05) is 12.1 Å². The highest BCUT2D eigenvalue weighted by atomic mass is 35.5. The minimum absolute atomic E-state index is 0.469. The Kier molecular flexibility index (Phi) is 3.95. The van der Waals surface area contributed by atoms with Gasteiger partial charge in [-0.3, -0.25) is 0 Å². The van der Waals surface area contributed by atoms with Crippen molar-refractivity contribution >= 4 is 28.9 Å². The fourth-order valence-corrected chi connectivity index (χ4v) is 2.62. The molecule has 1 aliphatic heterocycles. The molecule has 1 aromatic carbocycles. The lowest BCUT2D eigenvalue weighted by atomic mass is 10.2. The lowest BCUT2D eigenvalue weighted by Crippen LogP contribution is -2.37. The van der Waals surface area contributed by atoms with E-state index in [1.54, 1.807) is 6.07 Å². The van der Waals surface area contributed by atoms with E-state index in [-0.39, 0.29) is 0 Å². The highest BCUT2D eigenvalue weighted by Gasteiger charge is 2.17. The predicted octanol–water partition coefficient (Wildman–Crippen LogP) is 3.18. The monoisotopic (exact) mass is 258 g/mol. The number of hydrogen-bond acceptors (Lipinski definition) is 2. The van der Waals surface area contributed by atoms with Crippen molar-refractivity contribution in [2.75, 3.05) is 24.5 Å². The molecule has 1 aliphatic rings. The molecule has 1 fully saturated rings. The Morgan fingerprint density at radius 1 is 1.25 bits per heavy atom. The van der Waals surface area contributed by atoms with Crippen LogP contribution in [-0.2, 0) is 0 Å². The van der Waals surface area contributed by atoms with Crippen LogP contribution in [0.1, 0.15) is 13.3 Å². The molecule has 0 saturated carbocycles. The molecule has 1 aromatic rings. The van der Waals surface area contributed by atoms with Crippen LogP contribution >= 0.6 is 23.2 Å². The zero-order valence-electron chi connectivity index (χ0n) is 9.34. The molecule has 1 saturated heterocycles. The number of anilines is 1. The maximum absolute atomic E-state index is 6.03. The molecule has 0 aliphatic carbocycles. The molecular weight excluding hydrogens is 243 g/mol. The molecule has 88 valence electrons. The van der Waals surface area contributed by atoms with Gasteiger partial charge in [0.15, 0.2) is 0 Å². The first-order valence-electron chi connectivity index (χ1n) is 5.60. The van der Waals surface area contributed by atoms with Gasteiger partial charge in [-0.2, -0.15) is 0 Å². The average Bonchev–Trinajstić information content (AvgIpc) is 2.41. The zero-order chi connectivity index (χ0) is 11.5. The Morgan fingerprint density at radius 2 is 1.94 bits per heavy atom. The summed E-state index contributed by atoms with van der Waals surface area (Å²) in [5.74, 6) is 0. The van der Waals surface area contributed by atoms with E-state index in [4.69, 9.17) is 23.2 Å². The van der Waals surface area contributed by atoms with E-state index in [9.17, 15) is 0 Å². The van der Waals surface area contributed by atoms with Crippen LogP contribution in [0.5, 0.6) is 0 Å². The van der Waals surface area contributed by atoms with E-state index in [0.29, 0.717) is 16.1 Å². The van der Waals surface area contributed by atoms with Gasteiger partial charge in [-0.1, -0.05) is 23.2 Å². The number of halogens is 2. The lowest BCUT2D eigenvalue weighted by molar-refractivity contribution is 0.630. The molecule has 0 aromatic heterocycles. The molecule has 1 unspecified atom stereocenters. The van der Waals surface area contributed by atoms with Gasteiger partial charge in [0, 0.05) is 34.9 Å². The lowest BCUT2D eigenvalue weighted by Gasteiger charge is -2.29. The van der Waals surface area contributed by atoms with Crippen molar-refractivity contribution in [1.82, 2.24) is 5.32 Å². The van der Waals surface area contributed by atoms with Crippen LogP contribution in [0.2, 0.25) is 10.0 Å². The Bertz CT molecular complexity index is 348. The smallest absolute Gasteiger partial charge is 0.0441 e. The SMILES string of the molecule is CC1CNCCCN1c1cc(Cl)cc(Cl)c1. The van der Waals surface area contributed by atoms with Crippen molar-refractivity contribution in [3.8, 4) is 0 Å². The fraction of sp³-hybridized carbons (Fsp3) is 0.500. The first kappa shape index (κ1) is 12.0. The molecule has 0 spiro atoms. The van der Waals surface area contributed by atoms with E-state index in [2.05, 4.69) is 17.1 Å². The molecule has 0 amide bonds. The molecule has 1 atom stereocenters. The summed E-state index contributed by atoms with van der Waals surface area (Å²) < 4.78 is 0. The number of nitrogens with zero attached hydrogens (tertiary/aromatic N) is 1. The molecule has 1 N–H and O–H groups in total. The van der Waals surface area contributed by atoms with Crippen LogP contribution < -0.4 is 10.2 Å². The molecule has 0 bridgehead atoms. The summed E-state index contributed by atoms with van der Waals surface area (Å²) in [6.07, 6.45) is 1.15. The van der Waals surface area contributed by atoms with Crippen molar-refractivity contribution in [3.63, 3.8) is 0 Å². The molecule has 2 rings (SSSR count). The topological polar surface area (TPSA) is 15.3 Å². The van der Waals surface area contributed by atoms with Crippen molar-refractivity contribution in [1.29, 1.82) is 0 Å². The average molecular weight is 259 g/mol. The first-order valence-corrected chi connectivity index (χ1v) is 6.36. The summed E-state index contributed by atoms with van der Waals surface area (Å²) in [5, 5.41) is 4.82. The summed E-state index contributed by atoms with van der Waals surface area (Å²) in [6, 6.07) is 6.20. The third kappa shape index (κ3) is 2.82. The summed E-state index contributed by atoms with van der Waals surface area (Å²) in [4.78, 5) is 2.36. The first-order chi connectivity index (χ1) is 7.66. The summed E-state index contributed by atoms with van der Waals surface area (Å²) in [7, 11) is 0. The summed E-state index contributed by atoms with van der Waals surface area (Å²) >= 11 is 12.1. The van der Waals surface area contributed by atoms with E-state index in [0.717, 1.165) is 31.7 Å². The molecule has 0 radical (unpaired) electrons. The maximum Gasteiger partial charge on any atom is 0.0441 e. The van der Waals surface area contributed by atoms with Crippen LogP contribution in [0.15, 0.2) is 18.2 Å². The summed E-state index contributed by atoms with van der Waals surface area (Å²) in [5.41, 5.74) is 1.12. The maximum atomic E-state index is 6.03. The van der Waals surface area contributed by atoms with Crippen LogP contribution in [0.3, 0.4) is 0 Å². The second kappa shape index (κ2) is 5.26. The zero-order valence-corrected chi connectivity index (χ0v) is 10.9. The predicted molar refractivity (Wildman–Crippen MR) is 70.8 cm³/mol. The molecular formula is C12H16Cl2N2. The van der Waals surface area contributed by atoms with Crippen molar-refractivity contribution < 1.29 is 0 Å². The molecule has 4 heteroatoms. The second-order valence-electron chi connectivity index (χ2n) is 4.23. The number of nitrogens with one attached hydrogen (secondary N) is 1. The van der Waals surface area contributed by atoms with E-state index in [1.165, 1.54) is 0 Å². The minimum Gasteiger partial charge on any atom is -0.367 e. The van der Waals surface area contributed by atoms with Crippen LogP contribution in [0.4, 0.5) is 5.69 Å². The van der Waals surface area contributed by atoms with E-state index >= 15 is 0 Å². The van der Waals surface area contributed by atoms with Gasteiger partial charge in [-0.15, -0.1) is 0 Å². The molecule has 1 heterocycles. The minimum atomic E-state index is 0.469.